The molecule has 1 amide bonds. The SMILES string of the molecule is CO[C@@]1(CC(=O)O)C[C@H]2[C@@H]1CCN2C(=O)OCc1ccccc1. The van der Waals surface area contributed by atoms with Crippen LogP contribution in [0.25, 0.3) is 0 Å². The number of methoxy groups -OCH3 is 1. The van der Waals surface area contributed by atoms with E-state index >= 15 is 0 Å². The predicted molar refractivity (Wildman–Crippen MR) is 81.8 cm³/mol. The predicted octanol–water partition coefficient (Wildman–Crippen LogP) is 2.28. The van der Waals surface area contributed by atoms with Gasteiger partial charge in [0.05, 0.1) is 12.0 Å². The van der Waals surface area contributed by atoms with E-state index in [2.05, 4.69) is 0 Å². The molecule has 124 valence electrons. The maximum absolute atomic E-state index is 12.3. The summed E-state index contributed by atoms with van der Waals surface area (Å²) in [7, 11) is 1.55. The molecule has 6 nitrogen and oxygen atoms in total. The maximum atomic E-state index is 12.3. The molecule has 1 heterocycles. The lowest BCUT2D eigenvalue weighted by Gasteiger charge is -2.51. The minimum absolute atomic E-state index is 0.0163. The molecule has 23 heavy (non-hydrogen) atoms. The lowest BCUT2D eigenvalue weighted by Crippen LogP contribution is -2.61. The highest BCUT2D eigenvalue weighted by molar-refractivity contribution is 5.71. The number of likely N-dealkylation sites (tertiary alicyclic amines) is 1. The van der Waals surface area contributed by atoms with Crippen molar-refractivity contribution in [3.63, 3.8) is 0 Å². The van der Waals surface area contributed by atoms with Crippen LogP contribution in [0, 0.1) is 5.92 Å². The maximum Gasteiger partial charge on any atom is 0.410 e. The molecule has 1 aromatic rings. The number of carbonyl (C=O) groups excluding carboxylic acids is 1. The van der Waals surface area contributed by atoms with Crippen molar-refractivity contribution in [2.24, 2.45) is 5.92 Å². The Morgan fingerprint density at radius 1 is 1.35 bits per heavy atom. The summed E-state index contributed by atoms with van der Waals surface area (Å²) >= 11 is 0. The fourth-order valence-corrected chi connectivity index (χ4v) is 3.86. The average molecular weight is 319 g/mol. The number of carboxylic acid groups (broad SMARTS) is 1. The molecule has 1 saturated heterocycles. The molecular weight excluding hydrogens is 298 g/mol. The van der Waals surface area contributed by atoms with Crippen molar-refractivity contribution in [3.8, 4) is 0 Å². The highest BCUT2D eigenvalue weighted by Gasteiger charge is 2.61. The van der Waals surface area contributed by atoms with Gasteiger partial charge in [-0.25, -0.2) is 4.79 Å². The van der Waals surface area contributed by atoms with Crippen molar-refractivity contribution in [2.45, 2.75) is 37.5 Å². The zero-order chi connectivity index (χ0) is 16.4. The third-order valence-corrected chi connectivity index (χ3v) is 5.07. The molecule has 2 aliphatic rings. The van der Waals surface area contributed by atoms with E-state index in [-0.39, 0.29) is 31.1 Å². The first kappa shape index (κ1) is 15.8. The summed E-state index contributed by atoms with van der Waals surface area (Å²) in [4.78, 5) is 25.0. The van der Waals surface area contributed by atoms with Gasteiger partial charge in [-0.15, -0.1) is 0 Å². The second-order valence-corrected chi connectivity index (χ2v) is 6.24. The van der Waals surface area contributed by atoms with Crippen molar-refractivity contribution in [2.75, 3.05) is 13.7 Å². The van der Waals surface area contributed by atoms with Crippen LogP contribution in [-0.2, 0) is 20.9 Å². The first-order valence-electron chi connectivity index (χ1n) is 7.80. The Labute approximate surface area is 135 Å². The second kappa shape index (κ2) is 6.20. The summed E-state index contributed by atoms with van der Waals surface area (Å²) in [6, 6.07) is 9.56. The zero-order valence-electron chi connectivity index (χ0n) is 13.1. The third-order valence-electron chi connectivity index (χ3n) is 5.07. The highest BCUT2D eigenvalue weighted by Crippen LogP contribution is 2.52. The Kier molecular flexibility index (Phi) is 4.26. The number of rotatable bonds is 5. The van der Waals surface area contributed by atoms with Gasteiger partial charge in [0.15, 0.2) is 0 Å². The summed E-state index contributed by atoms with van der Waals surface area (Å²) in [5.41, 5.74) is 0.313. The van der Waals surface area contributed by atoms with E-state index in [9.17, 15) is 9.59 Å². The zero-order valence-corrected chi connectivity index (χ0v) is 13.1. The number of hydrogen-bond acceptors (Lipinski definition) is 4. The minimum atomic E-state index is -0.865. The van der Waals surface area contributed by atoms with Crippen molar-refractivity contribution < 1.29 is 24.2 Å². The standard InChI is InChI=1S/C17H21NO5/c1-22-17(10-15(19)20)9-14-13(17)7-8-18(14)16(21)23-11-12-5-3-2-4-6-12/h2-6,13-14H,7-11H2,1H3,(H,19,20)/t13-,14-,17+/m0/s1. The first-order valence-corrected chi connectivity index (χ1v) is 7.80. The van der Waals surface area contributed by atoms with Gasteiger partial charge in [-0.05, 0) is 18.4 Å². The van der Waals surface area contributed by atoms with Gasteiger partial charge in [-0.3, -0.25) is 4.79 Å². The number of aliphatic carboxylic acids is 1. The fourth-order valence-electron chi connectivity index (χ4n) is 3.86. The van der Waals surface area contributed by atoms with Gasteiger partial charge in [0.25, 0.3) is 0 Å². The van der Waals surface area contributed by atoms with Crippen molar-refractivity contribution in [1.82, 2.24) is 4.90 Å². The van der Waals surface area contributed by atoms with E-state index in [1.165, 1.54) is 0 Å². The lowest BCUT2D eigenvalue weighted by atomic mass is 9.64. The van der Waals surface area contributed by atoms with Gasteiger partial charge in [0.2, 0.25) is 0 Å². The second-order valence-electron chi connectivity index (χ2n) is 6.24. The molecule has 6 heteroatoms. The Balaban J connectivity index is 1.57. The third kappa shape index (κ3) is 2.91. The molecular formula is C17H21NO5. The molecule has 3 atom stereocenters. The van der Waals surface area contributed by atoms with Crippen molar-refractivity contribution in [1.29, 1.82) is 0 Å². The minimum Gasteiger partial charge on any atom is -0.481 e. The first-order chi connectivity index (χ1) is 11.1. The molecule has 0 radical (unpaired) electrons. The number of hydrogen-bond donors (Lipinski definition) is 1. The van der Waals surface area contributed by atoms with Crippen molar-refractivity contribution >= 4 is 12.1 Å². The van der Waals surface area contributed by atoms with Gasteiger partial charge < -0.3 is 19.5 Å². The number of ether oxygens (including phenoxy) is 2. The normalized spacial score (nSPS) is 28.8. The summed E-state index contributed by atoms with van der Waals surface area (Å²) in [5, 5.41) is 9.07. The smallest absolute Gasteiger partial charge is 0.410 e. The van der Waals surface area contributed by atoms with E-state index < -0.39 is 11.6 Å². The van der Waals surface area contributed by atoms with E-state index in [1.807, 2.05) is 30.3 Å². The van der Waals surface area contributed by atoms with Gasteiger partial charge in [-0.2, -0.15) is 0 Å². The molecule has 0 spiro atoms. The van der Waals surface area contributed by atoms with Crippen LogP contribution in [0.15, 0.2) is 30.3 Å². The van der Waals surface area contributed by atoms with E-state index in [0.29, 0.717) is 13.0 Å². The number of carbonyl (C=O) groups is 2. The summed E-state index contributed by atoms with van der Waals surface area (Å²) in [6.45, 7) is 0.839. The summed E-state index contributed by atoms with van der Waals surface area (Å²) in [5.74, 6) is -0.789. The molecule has 1 aliphatic carbocycles. The quantitative estimate of drug-likeness (QED) is 0.901. The van der Waals surface area contributed by atoms with Crippen LogP contribution >= 0.6 is 0 Å². The molecule has 3 rings (SSSR count). The Morgan fingerprint density at radius 2 is 2.09 bits per heavy atom. The molecule has 1 N–H and O–H groups in total. The van der Waals surface area contributed by atoms with Crippen LogP contribution in [0.1, 0.15) is 24.8 Å². The van der Waals surface area contributed by atoms with E-state index in [1.54, 1.807) is 12.0 Å². The van der Waals surface area contributed by atoms with Crippen molar-refractivity contribution in [3.05, 3.63) is 35.9 Å². The molecule has 0 unspecified atom stereocenters. The van der Waals surface area contributed by atoms with Gasteiger partial charge in [0, 0.05) is 25.6 Å². The molecule has 1 aromatic carbocycles. The van der Waals surface area contributed by atoms with Crippen LogP contribution in [-0.4, -0.2) is 47.4 Å². The Hall–Kier alpha value is -2.08. The van der Waals surface area contributed by atoms with E-state index in [4.69, 9.17) is 14.6 Å². The number of fused-ring (bicyclic) bond motifs is 1. The van der Waals surface area contributed by atoms with Gasteiger partial charge in [0.1, 0.15) is 6.61 Å². The number of benzene rings is 1. The molecule has 2 fully saturated rings. The molecule has 1 aliphatic heterocycles. The largest absolute Gasteiger partial charge is 0.481 e. The number of amides is 1. The monoisotopic (exact) mass is 319 g/mol. The van der Waals surface area contributed by atoms with E-state index in [0.717, 1.165) is 12.0 Å². The topological polar surface area (TPSA) is 76.1 Å². The van der Waals surface area contributed by atoms with Gasteiger partial charge in [-0.1, -0.05) is 30.3 Å². The van der Waals surface area contributed by atoms with Crippen LogP contribution in [0.4, 0.5) is 4.79 Å². The number of carboxylic acids is 1. The average Bonchev–Trinajstić information content (AvgIpc) is 2.89. The highest BCUT2D eigenvalue weighted by atomic mass is 16.6. The fraction of sp³-hybridized carbons (Fsp3) is 0.529. The number of nitrogens with zero attached hydrogens (tertiary/aromatic N) is 1. The Bertz CT molecular complexity index is 590. The molecule has 0 bridgehead atoms. The molecule has 1 saturated carbocycles. The summed E-state index contributed by atoms with van der Waals surface area (Å²) in [6.07, 6.45) is 0.964. The van der Waals surface area contributed by atoms with Gasteiger partial charge >= 0.3 is 12.1 Å². The Morgan fingerprint density at radius 3 is 2.74 bits per heavy atom. The van der Waals surface area contributed by atoms with Crippen LogP contribution < -0.4 is 0 Å². The summed E-state index contributed by atoms with van der Waals surface area (Å²) < 4.78 is 10.9. The lowest BCUT2D eigenvalue weighted by molar-refractivity contribution is -0.170. The van der Waals surface area contributed by atoms with Crippen LogP contribution in [0.2, 0.25) is 0 Å². The van der Waals surface area contributed by atoms with Crippen LogP contribution in [0.5, 0.6) is 0 Å². The van der Waals surface area contributed by atoms with Crippen LogP contribution in [0.3, 0.4) is 0 Å². The molecule has 0 aromatic heterocycles.